The van der Waals surface area contributed by atoms with Crippen molar-refractivity contribution in [1.29, 1.82) is 0 Å². The minimum Gasteiger partial charge on any atom is -0.496 e. The Kier molecular flexibility index (Phi) is 6.45. The molecule has 0 saturated carbocycles. The predicted molar refractivity (Wildman–Crippen MR) is 131 cm³/mol. The number of anilines is 1. The molecule has 1 heterocycles. The summed E-state index contributed by atoms with van der Waals surface area (Å²) in [6.45, 7) is 0.511. The van der Waals surface area contributed by atoms with Crippen molar-refractivity contribution in [2.24, 2.45) is 0 Å². The second-order valence-corrected chi connectivity index (χ2v) is 8.12. The van der Waals surface area contributed by atoms with Gasteiger partial charge in [0.2, 0.25) is 5.91 Å². The van der Waals surface area contributed by atoms with Gasteiger partial charge in [-0.25, -0.2) is 0 Å². The smallest absolute Gasteiger partial charge is 0.224 e. The Morgan fingerprint density at radius 3 is 2.47 bits per heavy atom. The molecule has 0 aliphatic rings. The van der Waals surface area contributed by atoms with Crippen LogP contribution < -0.4 is 15.0 Å². The number of aromatic amines is 1. The molecule has 2 N–H and O–H groups in total. The summed E-state index contributed by atoms with van der Waals surface area (Å²) in [5.41, 5.74) is 5.46. The highest BCUT2D eigenvalue weighted by Gasteiger charge is 2.20. The van der Waals surface area contributed by atoms with Gasteiger partial charge in [0.1, 0.15) is 5.75 Å². The van der Waals surface area contributed by atoms with Crippen molar-refractivity contribution in [3.05, 3.63) is 95.7 Å². The quantitative estimate of drug-likeness (QED) is 0.427. The topological polar surface area (TPSA) is 57.4 Å². The van der Waals surface area contributed by atoms with Crippen molar-refractivity contribution in [1.82, 2.24) is 10.3 Å². The number of hydrogen-bond donors (Lipinski definition) is 2. The van der Waals surface area contributed by atoms with Gasteiger partial charge in [-0.2, -0.15) is 0 Å². The van der Waals surface area contributed by atoms with E-state index in [0.717, 1.165) is 28.1 Å². The molecule has 32 heavy (non-hydrogen) atoms. The van der Waals surface area contributed by atoms with Gasteiger partial charge in [-0.15, -0.1) is 0 Å². The fraction of sp³-hybridized carbons (Fsp3) is 0.222. The fourth-order valence-corrected chi connectivity index (χ4v) is 4.09. The summed E-state index contributed by atoms with van der Waals surface area (Å²) in [6.07, 6.45) is 2.34. The first-order valence-electron chi connectivity index (χ1n) is 10.8. The molecule has 0 aliphatic heterocycles. The lowest BCUT2D eigenvalue weighted by molar-refractivity contribution is -0.120. The maximum atomic E-state index is 12.8. The Morgan fingerprint density at radius 1 is 1.00 bits per heavy atom. The molecule has 5 heteroatoms. The molecule has 0 aliphatic carbocycles. The number of fused-ring (bicyclic) bond motifs is 1. The zero-order valence-corrected chi connectivity index (χ0v) is 18.8. The molecule has 0 bridgehead atoms. The largest absolute Gasteiger partial charge is 0.496 e. The number of hydrogen-bond acceptors (Lipinski definition) is 3. The van der Waals surface area contributed by atoms with Gasteiger partial charge in [-0.05, 0) is 35.4 Å². The second-order valence-electron chi connectivity index (χ2n) is 8.12. The van der Waals surface area contributed by atoms with Gasteiger partial charge >= 0.3 is 0 Å². The third-order valence-corrected chi connectivity index (χ3v) is 5.86. The van der Waals surface area contributed by atoms with Crippen LogP contribution in [-0.2, 0) is 11.2 Å². The van der Waals surface area contributed by atoms with Crippen LogP contribution in [0.15, 0.2) is 79.0 Å². The van der Waals surface area contributed by atoms with Crippen LogP contribution in [0.25, 0.3) is 10.9 Å². The highest BCUT2D eigenvalue weighted by Crippen LogP contribution is 2.31. The number of methoxy groups -OCH3 is 1. The van der Waals surface area contributed by atoms with Crippen LogP contribution in [0.3, 0.4) is 0 Å². The standard InChI is InChI=1S/C27H29N3O2/c1-30(2)21-14-12-19(13-15-21)23(24-18-28-25-10-6-5-9-22(24)25)17-29-27(31)16-20-8-4-7-11-26(20)32-3/h4-15,18,23,28H,16-17H2,1-3H3,(H,29,31). The van der Waals surface area contributed by atoms with Crippen molar-refractivity contribution >= 4 is 22.5 Å². The first kappa shape index (κ1) is 21.5. The van der Waals surface area contributed by atoms with Crippen molar-refractivity contribution in [2.75, 3.05) is 32.6 Å². The number of aromatic nitrogens is 1. The third-order valence-electron chi connectivity index (χ3n) is 5.86. The highest BCUT2D eigenvalue weighted by atomic mass is 16.5. The van der Waals surface area contributed by atoms with Crippen LogP contribution in [-0.4, -0.2) is 38.6 Å². The number of carbonyl (C=O) groups is 1. The normalized spacial score (nSPS) is 11.8. The van der Waals surface area contributed by atoms with E-state index in [0.29, 0.717) is 6.54 Å². The number of H-pyrrole nitrogens is 1. The predicted octanol–water partition coefficient (Wildman–Crippen LogP) is 4.73. The summed E-state index contributed by atoms with van der Waals surface area (Å²) in [7, 11) is 5.69. The highest BCUT2D eigenvalue weighted by molar-refractivity contribution is 5.84. The molecular weight excluding hydrogens is 398 g/mol. The molecule has 4 aromatic rings. The first-order chi connectivity index (χ1) is 15.6. The van der Waals surface area contributed by atoms with Crippen LogP contribution in [0.5, 0.6) is 5.75 Å². The van der Waals surface area contributed by atoms with E-state index in [4.69, 9.17) is 4.74 Å². The van der Waals surface area contributed by atoms with Crippen molar-refractivity contribution in [3.8, 4) is 5.75 Å². The Morgan fingerprint density at radius 2 is 1.72 bits per heavy atom. The van der Waals surface area contributed by atoms with Gasteiger partial charge in [0.25, 0.3) is 0 Å². The molecule has 1 atom stereocenters. The van der Waals surface area contributed by atoms with Gasteiger partial charge < -0.3 is 19.9 Å². The number of nitrogens with one attached hydrogen (secondary N) is 2. The number of rotatable bonds is 8. The number of carbonyl (C=O) groups excluding carboxylic acids is 1. The molecule has 1 unspecified atom stereocenters. The molecule has 1 aromatic heterocycles. The van der Waals surface area contributed by atoms with Crippen molar-refractivity contribution in [3.63, 3.8) is 0 Å². The zero-order chi connectivity index (χ0) is 22.5. The lowest BCUT2D eigenvalue weighted by atomic mass is 9.90. The molecule has 0 radical (unpaired) electrons. The Hall–Kier alpha value is -3.73. The zero-order valence-electron chi connectivity index (χ0n) is 18.8. The summed E-state index contributed by atoms with van der Waals surface area (Å²) in [6, 6.07) is 24.4. The monoisotopic (exact) mass is 427 g/mol. The Labute approximate surface area is 189 Å². The molecule has 164 valence electrons. The van der Waals surface area contributed by atoms with E-state index in [2.05, 4.69) is 57.8 Å². The molecule has 4 rings (SSSR count). The van der Waals surface area contributed by atoms with Crippen LogP contribution in [0, 0.1) is 0 Å². The average Bonchev–Trinajstić information content (AvgIpc) is 3.24. The van der Waals surface area contributed by atoms with Crippen LogP contribution in [0.1, 0.15) is 22.6 Å². The minimum absolute atomic E-state index is 0.0238. The molecular formula is C27H29N3O2. The van der Waals surface area contributed by atoms with Crippen molar-refractivity contribution < 1.29 is 9.53 Å². The molecule has 5 nitrogen and oxygen atoms in total. The number of para-hydroxylation sites is 2. The lowest BCUT2D eigenvalue weighted by Crippen LogP contribution is -2.30. The average molecular weight is 428 g/mol. The maximum Gasteiger partial charge on any atom is 0.224 e. The van der Waals surface area contributed by atoms with Gasteiger partial charge in [0.15, 0.2) is 0 Å². The molecule has 1 amide bonds. The minimum atomic E-state index is -0.0238. The van der Waals surface area contributed by atoms with Crippen LogP contribution in [0.2, 0.25) is 0 Å². The summed E-state index contributed by atoms with van der Waals surface area (Å²) < 4.78 is 5.39. The van der Waals surface area contributed by atoms with E-state index in [9.17, 15) is 4.79 Å². The summed E-state index contributed by atoms with van der Waals surface area (Å²) in [5, 5.41) is 4.33. The van der Waals surface area contributed by atoms with Gasteiger partial charge in [-0.3, -0.25) is 4.79 Å². The third kappa shape index (κ3) is 4.62. The van der Waals surface area contributed by atoms with E-state index in [1.807, 2.05) is 50.5 Å². The van der Waals surface area contributed by atoms with E-state index in [1.165, 1.54) is 10.9 Å². The molecule has 0 fully saturated rings. The van der Waals surface area contributed by atoms with Crippen LogP contribution >= 0.6 is 0 Å². The Balaban J connectivity index is 1.59. The first-order valence-corrected chi connectivity index (χ1v) is 10.8. The van der Waals surface area contributed by atoms with Gasteiger partial charge in [0.05, 0.1) is 13.5 Å². The second kappa shape index (κ2) is 9.60. The van der Waals surface area contributed by atoms with Crippen molar-refractivity contribution in [2.45, 2.75) is 12.3 Å². The number of ether oxygens (including phenoxy) is 1. The fourth-order valence-electron chi connectivity index (χ4n) is 4.09. The van der Waals surface area contributed by atoms with E-state index < -0.39 is 0 Å². The molecule has 0 spiro atoms. The van der Waals surface area contributed by atoms with E-state index in [-0.39, 0.29) is 18.2 Å². The number of nitrogens with zero attached hydrogens (tertiary/aromatic N) is 1. The van der Waals surface area contributed by atoms with Crippen LogP contribution in [0.4, 0.5) is 5.69 Å². The van der Waals surface area contributed by atoms with Gasteiger partial charge in [0, 0.05) is 54.9 Å². The SMILES string of the molecule is COc1ccccc1CC(=O)NCC(c1ccc(N(C)C)cc1)c1c[nH]c2ccccc12. The molecule has 3 aromatic carbocycles. The summed E-state index contributed by atoms with van der Waals surface area (Å²) >= 11 is 0. The summed E-state index contributed by atoms with van der Waals surface area (Å²) in [5.74, 6) is 0.739. The van der Waals surface area contributed by atoms with Gasteiger partial charge in [-0.1, -0.05) is 48.5 Å². The number of benzene rings is 3. The summed E-state index contributed by atoms with van der Waals surface area (Å²) in [4.78, 5) is 18.3. The maximum absolute atomic E-state index is 12.8. The molecule has 0 saturated heterocycles. The van der Waals surface area contributed by atoms with E-state index >= 15 is 0 Å². The lowest BCUT2D eigenvalue weighted by Gasteiger charge is -2.20. The van der Waals surface area contributed by atoms with E-state index in [1.54, 1.807) is 7.11 Å². The number of amides is 1. The Bertz CT molecular complexity index is 1190.